The summed E-state index contributed by atoms with van der Waals surface area (Å²) in [5.41, 5.74) is 2.68. The minimum atomic E-state index is -0.574. The molecule has 1 aliphatic rings. The molecule has 1 heterocycles. The number of rotatable bonds is 9. The van der Waals surface area contributed by atoms with Crippen molar-refractivity contribution in [2.75, 3.05) is 30.8 Å². The molecule has 0 saturated carbocycles. The Labute approximate surface area is 207 Å². The fourth-order valence-corrected chi connectivity index (χ4v) is 3.66. The zero-order valence-electron chi connectivity index (χ0n) is 19.5. The normalized spacial score (nSPS) is 12.4. The van der Waals surface area contributed by atoms with Crippen LogP contribution in [0.3, 0.4) is 0 Å². The van der Waals surface area contributed by atoms with Crippen LogP contribution in [-0.2, 0) is 14.3 Å². The van der Waals surface area contributed by atoms with Crippen molar-refractivity contribution in [3.05, 3.63) is 96.1 Å². The van der Waals surface area contributed by atoms with Gasteiger partial charge in [0, 0.05) is 36.6 Å². The van der Waals surface area contributed by atoms with Gasteiger partial charge in [0.25, 0.3) is 17.7 Å². The first-order valence-corrected chi connectivity index (χ1v) is 11.2. The fourth-order valence-electron chi connectivity index (χ4n) is 3.66. The molecular weight excluding hydrogens is 460 g/mol. The Kier molecular flexibility index (Phi) is 7.40. The van der Waals surface area contributed by atoms with Crippen molar-refractivity contribution < 1.29 is 23.9 Å². The van der Waals surface area contributed by atoms with Crippen molar-refractivity contribution in [1.29, 1.82) is 0 Å². The van der Waals surface area contributed by atoms with Crippen LogP contribution >= 0.6 is 0 Å². The molecule has 0 aliphatic carbocycles. The first-order valence-electron chi connectivity index (χ1n) is 11.2. The van der Waals surface area contributed by atoms with Gasteiger partial charge in [-0.2, -0.15) is 0 Å². The lowest BCUT2D eigenvalue weighted by molar-refractivity contribution is -0.136. The molecule has 0 bridgehead atoms. The minimum absolute atomic E-state index is 0.0349. The number of carbonyl (C=O) groups is 4. The standard InChI is InChI=1S/C27H24N4O5/c1-36-27(35)21-17-22(29-18-8-4-2-5-9-18)20(16-23(21)30-19-10-6-3-7-11-19)26(34)28-14-15-31-24(32)12-13-25(31)33/h2-13,16-17,29-30H,14-15H2,1H3,(H,28,34). The van der Waals surface area contributed by atoms with Gasteiger partial charge in [-0.25, -0.2) is 4.79 Å². The van der Waals surface area contributed by atoms with Crippen molar-refractivity contribution in [2.24, 2.45) is 0 Å². The van der Waals surface area contributed by atoms with Crippen LogP contribution in [0, 0.1) is 0 Å². The lowest BCUT2D eigenvalue weighted by Gasteiger charge is -2.19. The summed E-state index contributed by atoms with van der Waals surface area (Å²) in [5, 5.41) is 9.11. The third-order valence-corrected chi connectivity index (χ3v) is 5.43. The number of para-hydroxylation sites is 2. The second-order valence-corrected chi connectivity index (χ2v) is 7.83. The van der Waals surface area contributed by atoms with E-state index in [1.54, 1.807) is 12.1 Å². The molecule has 0 atom stereocenters. The van der Waals surface area contributed by atoms with Crippen LogP contribution in [0.4, 0.5) is 22.7 Å². The van der Waals surface area contributed by atoms with Gasteiger partial charge < -0.3 is 20.7 Å². The summed E-state index contributed by atoms with van der Waals surface area (Å²) in [6, 6.07) is 21.5. The Hall–Kier alpha value is -4.92. The second-order valence-electron chi connectivity index (χ2n) is 7.83. The summed E-state index contributed by atoms with van der Waals surface area (Å²) >= 11 is 0. The number of methoxy groups -OCH3 is 1. The molecule has 9 nitrogen and oxygen atoms in total. The van der Waals surface area contributed by atoms with Crippen molar-refractivity contribution in [2.45, 2.75) is 0 Å². The summed E-state index contributed by atoms with van der Waals surface area (Å²) in [6.45, 7) is 0.0934. The maximum absolute atomic E-state index is 13.2. The Morgan fingerprint density at radius 1 is 0.778 bits per heavy atom. The quantitative estimate of drug-likeness (QED) is 0.314. The molecule has 1 aliphatic heterocycles. The van der Waals surface area contributed by atoms with E-state index in [2.05, 4.69) is 16.0 Å². The van der Waals surface area contributed by atoms with Crippen molar-refractivity contribution in [3.63, 3.8) is 0 Å². The largest absolute Gasteiger partial charge is 0.465 e. The number of ether oxygens (including phenoxy) is 1. The zero-order chi connectivity index (χ0) is 25.5. The van der Waals surface area contributed by atoms with Crippen LogP contribution in [0.25, 0.3) is 0 Å². The zero-order valence-corrected chi connectivity index (χ0v) is 19.5. The molecular formula is C27H24N4O5. The van der Waals surface area contributed by atoms with Gasteiger partial charge in [-0.3, -0.25) is 19.3 Å². The number of nitrogens with one attached hydrogen (secondary N) is 3. The van der Waals surface area contributed by atoms with E-state index in [4.69, 9.17) is 4.74 Å². The summed E-state index contributed by atoms with van der Waals surface area (Å²) < 4.78 is 4.98. The molecule has 9 heteroatoms. The lowest BCUT2D eigenvalue weighted by Crippen LogP contribution is -2.38. The number of amides is 3. The van der Waals surface area contributed by atoms with E-state index in [9.17, 15) is 19.2 Å². The van der Waals surface area contributed by atoms with Crippen LogP contribution in [0.5, 0.6) is 0 Å². The molecule has 3 amide bonds. The van der Waals surface area contributed by atoms with E-state index in [1.165, 1.54) is 19.3 Å². The number of anilines is 4. The molecule has 3 aromatic carbocycles. The number of benzene rings is 3. The average Bonchev–Trinajstić information content (AvgIpc) is 3.22. The van der Waals surface area contributed by atoms with E-state index in [-0.39, 0.29) is 24.2 Å². The molecule has 36 heavy (non-hydrogen) atoms. The highest BCUT2D eigenvalue weighted by atomic mass is 16.5. The topological polar surface area (TPSA) is 117 Å². The number of carbonyl (C=O) groups excluding carboxylic acids is 4. The summed E-state index contributed by atoms with van der Waals surface area (Å²) in [6.07, 6.45) is 2.39. The van der Waals surface area contributed by atoms with Gasteiger partial charge >= 0.3 is 5.97 Å². The first-order chi connectivity index (χ1) is 17.5. The maximum atomic E-state index is 13.2. The van der Waals surface area contributed by atoms with Gasteiger partial charge in [0.05, 0.1) is 29.6 Å². The first kappa shape index (κ1) is 24.2. The smallest absolute Gasteiger partial charge is 0.340 e. The molecule has 0 spiro atoms. The monoisotopic (exact) mass is 484 g/mol. The molecule has 0 fully saturated rings. The predicted octanol–water partition coefficient (Wildman–Crippen LogP) is 3.62. The highest BCUT2D eigenvalue weighted by Crippen LogP contribution is 2.31. The van der Waals surface area contributed by atoms with Gasteiger partial charge in [-0.15, -0.1) is 0 Å². The van der Waals surface area contributed by atoms with E-state index in [0.717, 1.165) is 10.6 Å². The van der Waals surface area contributed by atoms with E-state index in [0.29, 0.717) is 17.1 Å². The number of nitrogens with zero attached hydrogens (tertiary/aromatic N) is 1. The van der Waals surface area contributed by atoms with Gasteiger partial charge in [-0.05, 0) is 36.4 Å². The molecule has 0 unspecified atom stereocenters. The molecule has 0 saturated heterocycles. The minimum Gasteiger partial charge on any atom is -0.465 e. The van der Waals surface area contributed by atoms with Crippen LogP contribution in [0.15, 0.2) is 84.9 Å². The van der Waals surface area contributed by atoms with E-state index in [1.807, 2.05) is 60.7 Å². The molecule has 0 aromatic heterocycles. The predicted molar refractivity (Wildman–Crippen MR) is 135 cm³/mol. The Bertz CT molecular complexity index is 1300. The molecule has 4 rings (SSSR count). The molecule has 3 N–H and O–H groups in total. The lowest BCUT2D eigenvalue weighted by atomic mass is 10.0. The maximum Gasteiger partial charge on any atom is 0.340 e. The van der Waals surface area contributed by atoms with Crippen molar-refractivity contribution >= 4 is 46.4 Å². The SMILES string of the molecule is COC(=O)c1cc(Nc2ccccc2)c(C(=O)NCCN2C(=O)C=CC2=O)cc1Nc1ccccc1. The molecule has 3 aromatic rings. The van der Waals surface area contributed by atoms with Crippen LogP contribution in [0.1, 0.15) is 20.7 Å². The third-order valence-electron chi connectivity index (χ3n) is 5.43. The highest BCUT2D eigenvalue weighted by Gasteiger charge is 2.24. The van der Waals surface area contributed by atoms with Crippen molar-refractivity contribution in [3.8, 4) is 0 Å². The van der Waals surface area contributed by atoms with Gasteiger partial charge in [-0.1, -0.05) is 36.4 Å². The summed E-state index contributed by atoms with van der Waals surface area (Å²) in [4.78, 5) is 50.5. The highest BCUT2D eigenvalue weighted by molar-refractivity contribution is 6.13. The van der Waals surface area contributed by atoms with Crippen molar-refractivity contribution in [1.82, 2.24) is 10.2 Å². The number of hydrogen-bond donors (Lipinski definition) is 3. The Balaban J connectivity index is 1.66. The van der Waals surface area contributed by atoms with Gasteiger partial charge in [0.1, 0.15) is 0 Å². The van der Waals surface area contributed by atoms with E-state index < -0.39 is 23.7 Å². The number of imide groups is 1. The van der Waals surface area contributed by atoms with E-state index >= 15 is 0 Å². The molecule has 182 valence electrons. The summed E-state index contributed by atoms with van der Waals surface area (Å²) in [5.74, 6) is -1.86. The van der Waals surface area contributed by atoms with Crippen LogP contribution in [-0.4, -0.2) is 48.8 Å². The molecule has 0 radical (unpaired) electrons. The second kappa shape index (κ2) is 11.0. The fraction of sp³-hybridized carbons (Fsp3) is 0.111. The Morgan fingerprint density at radius 3 is 1.81 bits per heavy atom. The van der Waals surface area contributed by atoms with Gasteiger partial charge in [0.2, 0.25) is 0 Å². The third kappa shape index (κ3) is 5.58. The van der Waals surface area contributed by atoms with Gasteiger partial charge in [0.15, 0.2) is 0 Å². The number of esters is 1. The average molecular weight is 485 g/mol. The van der Waals surface area contributed by atoms with Crippen LogP contribution < -0.4 is 16.0 Å². The number of hydrogen-bond acceptors (Lipinski definition) is 7. The summed E-state index contributed by atoms with van der Waals surface area (Å²) in [7, 11) is 1.29. The van der Waals surface area contributed by atoms with Crippen LogP contribution in [0.2, 0.25) is 0 Å². The Morgan fingerprint density at radius 2 is 1.28 bits per heavy atom.